The van der Waals surface area contributed by atoms with Crippen LogP contribution in [0.25, 0.3) is 0 Å². The van der Waals surface area contributed by atoms with Crippen molar-refractivity contribution < 1.29 is 17.9 Å². The highest BCUT2D eigenvalue weighted by atomic mass is 35.5. The fourth-order valence-corrected chi connectivity index (χ4v) is 2.64. The number of carbonyl (C=O) groups is 1. The van der Waals surface area contributed by atoms with Crippen LogP contribution in [-0.4, -0.2) is 41.1 Å². The zero-order valence-corrected chi connectivity index (χ0v) is 13.5. The molecule has 0 aromatic heterocycles. The molecule has 0 radical (unpaired) electrons. The number of likely N-dealkylation sites (N-methyl/N-ethyl adjacent to an activating group) is 1. The normalized spacial score (nSPS) is 10.8. The van der Waals surface area contributed by atoms with Crippen LogP contribution in [-0.2, 0) is 10.0 Å². The summed E-state index contributed by atoms with van der Waals surface area (Å²) in [6.45, 7) is 3.47. The quantitative estimate of drug-likeness (QED) is 0.583. The zero-order chi connectivity index (χ0) is 15.2. The van der Waals surface area contributed by atoms with E-state index >= 15 is 0 Å². The molecule has 0 bridgehead atoms. The van der Waals surface area contributed by atoms with Gasteiger partial charge in [-0.3, -0.25) is 4.79 Å². The van der Waals surface area contributed by atoms with Crippen molar-refractivity contribution in [1.82, 2.24) is 10.0 Å². The standard InChI is InChI=1S/C12H19N3O4S.ClH/c1-3-14-6-7-15-20(17,18)9-4-5-11(19-2)10(8-9)12(13)16;/h4-5,8,14-15H,3,6-7H2,1-2H3,(H2,13,16);1H. The van der Waals surface area contributed by atoms with Crippen LogP contribution in [0.3, 0.4) is 0 Å². The van der Waals surface area contributed by atoms with E-state index in [0.717, 1.165) is 6.54 Å². The summed E-state index contributed by atoms with van der Waals surface area (Å²) in [7, 11) is -2.30. The largest absolute Gasteiger partial charge is 0.496 e. The van der Waals surface area contributed by atoms with E-state index in [9.17, 15) is 13.2 Å². The Hall–Kier alpha value is -1.35. The first-order valence-corrected chi connectivity index (χ1v) is 7.59. The molecule has 0 saturated carbocycles. The van der Waals surface area contributed by atoms with Crippen molar-refractivity contribution >= 4 is 28.3 Å². The minimum Gasteiger partial charge on any atom is -0.496 e. The Labute approximate surface area is 130 Å². The van der Waals surface area contributed by atoms with Gasteiger partial charge in [-0.05, 0) is 24.7 Å². The Balaban J connectivity index is 0.00000400. The molecule has 1 aromatic rings. The molecule has 0 heterocycles. The highest BCUT2D eigenvalue weighted by molar-refractivity contribution is 7.89. The second-order valence-corrected chi connectivity index (χ2v) is 5.74. The maximum atomic E-state index is 12.0. The number of nitrogens with one attached hydrogen (secondary N) is 2. The zero-order valence-electron chi connectivity index (χ0n) is 11.9. The molecule has 0 unspecified atom stereocenters. The van der Waals surface area contributed by atoms with Gasteiger partial charge < -0.3 is 15.8 Å². The van der Waals surface area contributed by atoms with Gasteiger partial charge in [0, 0.05) is 13.1 Å². The van der Waals surface area contributed by atoms with Crippen LogP contribution in [0.4, 0.5) is 0 Å². The van der Waals surface area contributed by atoms with Gasteiger partial charge in [0.25, 0.3) is 5.91 Å². The molecule has 4 N–H and O–H groups in total. The van der Waals surface area contributed by atoms with E-state index in [1.54, 1.807) is 0 Å². The van der Waals surface area contributed by atoms with Gasteiger partial charge in [0.1, 0.15) is 5.75 Å². The number of hydrogen-bond donors (Lipinski definition) is 3. The maximum Gasteiger partial charge on any atom is 0.252 e. The van der Waals surface area contributed by atoms with E-state index in [0.29, 0.717) is 6.54 Å². The van der Waals surface area contributed by atoms with Gasteiger partial charge in [0.05, 0.1) is 17.6 Å². The highest BCUT2D eigenvalue weighted by Gasteiger charge is 2.18. The number of ether oxygens (including phenoxy) is 1. The van der Waals surface area contributed by atoms with E-state index in [4.69, 9.17) is 10.5 Å². The number of amides is 1. The van der Waals surface area contributed by atoms with Gasteiger partial charge in [-0.1, -0.05) is 6.92 Å². The van der Waals surface area contributed by atoms with Crippen molar-refractivity contribution in [2.75, 3.05) is 26.7 Å². The third-order valence-corrected chi connectivity index (χ3v) is 4.05. The van der Waals surface area contributed by atoms with Gasteiger partial charge in [0.15, 0.2) is 0 Å². The first-order valence-electron chi connectivity index (χ1n) is 6.10. The van der Waals surface area contributed by atoms with Crippen LogP contribution in [0, 0.1) is 0 Å². The lowest BCUT2D eigenvalue weighted by molar-refractivity contribution is 0.0997. The molecule has 0 saturated heterocycles. The van der Waals surface area contributed by atoms with Crippen molar-refractivity contribution in [1.29, 1.82) is 0 Å². The van der Waals surface area contributed by atoms with Crippen LogP contribution in [0.5, 0.6) is 5.75 Å². The number of carbonyl (C=O) groups excluding carboxylic acids is 1. The lowest BCUT2D eigenvalue weighted by atomic mass is 10.2. The third-order valence-electron chi connectivity index (χ3n) is 2.59. The fraction of sp³-hybridized carbons (Fsp3) is 0.417. The van der Waals surface area contributed by atoms with Gasteiger partial charge >= 0.3 is 0 Å². The lowest BCUT2D eigenvalue weighted by Crippen LogP contribution is -2.32. The average Bonchev–Trinajstić information content (AvgIpc) is 2.42. The molecule has 0 aliphatic rings. The Morgan fingerprint density at radius 2 is 2.00 bits per heavy atom. The van der Waals surface area contributed by atoms with E-state index in [-0.39, 0.29) is 35.2 Å². The summed E-state index contributed by atoms with van der Waals surface area (Å²) in [6, 6.07) is 3.97. The number of nitrogens with two attached hydrogens (primary N) is 1. The molecule has 9 heteroatoms. The smallest absolute Gasteiger partial charge is 0.252 e. The van der Waals surface area contributed by atoms with Crippen molar-refractivity contribution in [2.24, 2.45) is 5.73 Å². The third kappa shape index (κ3) is 5.50. The highest BCUT2D eigenvalue weighted by Crippen LogP contribution is 2.21. The summed E-state index contributed by atoms with van der Waals surface area (Å²) in [5.41, 5.74) is 5.23. The van der Waals surface area contributed by atoms with Crippen LogP contribution < -0.4 is 20.5 Å². The average molecular weight is 338 g/mol. The van der Waals surface area contributed by atoms with Gasteiger partial charge in [-0.25, -0.2) is 13.1 Å². The predicted molar refractivity (Wildman–Crippen MR) is 82.5 cm³/mol. The first-order chi connectivity index (χ1) is 9.42. The molecule has 0 aliphatic carbocycles. The maximum absolute atomic E-state index is 12.0. The summed E-state index contributed by atoms with van der Waals surface area (Å²) >= 11 is 0. The summed E-state index contributed by atoms with van der Waals surface area (Å²) in [5, 5.41) is 3.00. The molecule has 0 spiro atoms. The second-order valence-electron chi connectivity index (χ2n) is 3.98. The van der Waals surface area contributed by atoms with Gasteiger partial charge in [0.2, 0.25) is 10.0 Å². The SMILES string of the molecule is CCNCCNS(=O)(=O)c1ccc(OC)c(C(N)=O)c1.Cl. The summed E-state index contributed by atoms with van der Waals surface area (Å²) in [6.07, 6.45) is 0. The first kappa shape index (κ1) is 19.7. The molecule has 0 aliphatic heterocycles. The molecule has 1 aromatic carbocycles. The lowest BCUT2D eigenvalue weighted by Gasteiger charge is -2.10. The number of sulfonamides is 1. The van der Waals surface area contributed by atoms with Crippen LogP contribution in [0.15, 0.2) is 23.1 Å². The molecule has 21 heavy (non-hydrogen) atoms. The Bertz CT molecular complexity index is 578. The number of rotatable bonds is 8. The molecular formula is C12H20ClN3O4S. The number of hydrogen-bond acceptors (Lipinski definition) is 5. The van der Waals surface area contributed by atoms with E-state index in [2.05, 4.69) is 10.0 Å². The van der Waals surface area contributed by atoms with Gasteiger partial charge in [-0.15, -0.1) is 12.4 Å². The van der Waals surface area contributed by atoms with Crippen LogP contribution >= 0.6 is 12.4 Å². The predicted octanol–water partition coefficient (Wildman–Crippen LogP) is 0.104. The van der Waals surface area contributed by atoms with E-state index in [1.165, 1.54) is 25.3 Å². The topological polar surface area (TPSA) is 111 Å². The Kier molecular flexibility index (Phi) is 8.26. The molecule has 0 atom stereocenters. The summed E-state index contributed by atoms with van der Waals surface area (Å²) < 4.78 is 31.5. The van der Waals surface area contributed by atoms with E-state index < -0.39 is 15.9 Å². The van der Waals surface area contributed by atoms with Crippen molar-refractivity contribution in [2.45, 2.75) is 11.8 Å². The Morgan fingerprint density at radius 1 is 1.33 bits per heavy atom. The van der Waals surface area contributed by atoms with Crippen molar-refractivity contribution in [3.05, 3.63) is 23.8 Å². The minimum atomic E-state index is -3.68. The Morgan fingerprint density at radius 3 is 2.52 bits per heavy atom. The van der Waals surface area contributed by atoms with Crippen molar-refractivity contribution in [3.63, 3.8) is 0 Å². The number of methoxy groups -OCH3 is 1. The molecular weight excluding hydrogens is 318 g/mol. The number of halogens is 1. The van der Waals surface area contributed by atoms with E-state index in [1.807, 2.05) is 6.92 Å². The van der Waals surface area contributed by atoms with Gasteiger partial charge in [-0.2, -0.15) is 0 Å². The molecule has 0 fully saturated rings. The molecule has 7 nitrogen and oxygen atoms in total. The minimum absolute atomic E-state index is 0. The summed E-state index contributed by atoms with van der Waals surface area (Å²) in [4.78, 5) is 11.3. The summed E-state index contributed by atoms with van der Waals surface area (Å²) in [5.74, 6) is -0.504. The fourth-order valence-electron chi connectivity index (χ4n) is 1.58. The second kappa shape index (κ2) is 8.83. The molecule has 120 valence electrons. The molecule has 1 rings (SSSR count). The monoisotopic (exact) mass is 337 g/mol. The van der Waals surface area contributed by atoms with Crippen molar-refractivity contribution in [3.8, 4) is 5.75 Å². The molecule has 1 amide bonds. The number of primary amides is 1. The number of benzene rings is 1. The van der Waals surface area contributed by atoms with Crippen LogP contribution in [0.1, 0.15) is 17.3 Å². The van der Waals surface area contributed by atoms with Crippen LogP contribution in [0.2, 0.25) is 0 Å².